The molecule has 0 aromatic heterocycles. The van der Waals surface area contributed by atoms with E-state index in [-0.39, 0.29) is 22.9 Å². The van der Waals surface area contributed by atoms with Crippen molar-refractivity contribution in [2.24, 2.45) is 46.3 Å². The predicted molar refractivity (Wildman–Crippen MR) is 193 cm³/mol. The van der Waals surface area contributed by atoms with Crippen LogP contribution in [0.5, 0.6) is 5.75 Å². The summed E-state index contributed by atoms with van der Waals surface area (Å²) in [5, 5.41) is 20.9. The van der Waals surface area contributed by atoms with Crippen molar-refractivity contribution in [1.82, 2.24) is 0 Å². The SMILES string of the molecule is C#CC1(O)CC[C@H]2[C@@H]3CCC4=CC(=O)CC[C@@H]4[C@H]3CCC21CC.CCCCC(=O)O[C@H]1CCC2C3CCc4cc(O)ccc4C3CC[C@@]21C. The Kier molecular flexibility index (Phi) is 9.62. The number of unbranched alkanes of at least 4 members (excludes halogenated alkanes) is 1. The van der Waals surface area contributed by atoms with Gasteiger partial charge in [0, 0.05) is 23.7 Å². The van der Waals surface area contributed by atoms with Crippen LogP contribution in [-0.2, 0) is 20.7 Å². The van der Waals surface area contributed by atoms with Gasteiger partial charge in [0.05, 0.1) is 0 Å². The van der Waals surface area contributed by atoms with Gasteiger partial charge in [-0.3, -0.25) is 9.59 Å². The van der Waals surface area contributed by atoms with Crippen molar-refractivity contribution in [2.75, 3.05) is 0 Å². The number of ketones is 1. The normalized spacial score (nSPS) is 41.6. The monoisotopic (exact) mass is 668 g/mol. The Morgan fingerprint density at radius 3 is 2.51 bits per heavy atom. The molecule has 1 aromatic rings. The standard InChI is InChI=1S/C23H32O3.C21H28O2/c1-3-4-5-22(25)26-21-11-10-20-19-8-6-15-14-16(24)7-9-17(15)18(19)12-13-23(20,21)2;1-3-20-11-9-17-16-8-6-15(22)13-14(16)5-7-18(17)19(20)10-12-21(20,23)4-2/h7,9,14,18-21,24H,3-6,8,10-13H2,1-2H3;2,13,16-19,23H,3,5-12H2,1H3/t18?,19?,20?,21-,23-;16-,17+,18+,19-,20?,21?/m00/s1. The molecule has 11 atom stereocenters. The molecule has 0 saturated heterocycles. The minimum absolute atomic E-state index is 0.00492. The third-order valence-electron chi connectivity index (χ3n) is 15.6. The van der Waals surface area contributed by atoms with Crippen LogP contribution < -0.4 is 0 Å². The fourth-order valence-electron chi connectivity index (χ4n) is 13.2. The van der Waals surface area contributed by atoms with Gasteiger partial charge < -0.3 is 14.9 Å². The molecule has 0 aliphatic heterocycles. The highest BCUT2D eigenvalue weighted by molar-refractivity contribution is 5.91. The minimum atomic E-state index is -0.893. The molecule has 5 heteroatoms. The van der Waals surface area contributed by atoms with Crippen molar-refractivity contribution in [2.45, 2.75) is 154 Å². The van der Waals surface area contributed by atoms with E-state index in [1.165, 1.54) is 48.8 Å². The van der Waals surface area contributed by atoms with Gasteiger partial charge in [0.2, 0.25) is 0 Å². The van der Waals surface area contributed by atoms with E-state index in [4.69, 9.17) is 11.2 Å². The van der Waals surface area contributed by atoms with Crippen LogP contribution in [0.25, 0.3) is 0 Å². The summed E-state index contributed by atoms with van der Waals surface area (Å²) in [4.78, 5) is 24.0. The van der Waals surface area contributed by atoms with Crippen LogP contribution >= 0.6 is 0 Å². The van der Waals surface area contributed by atoms with E-state index in [2.05, 4.69) is 32.8 Å². The summed E-state index contributed by atoms with van der Waals surface area (Å²) < 4.78 is 5.98. The maximum atomic E-state index is 12.2. The Hall–Kier alpha value is -2.58. The van der Waals surface area contributed by atoms with Gasteiger partial charge in [-0.1, -0.05) is 44.8 Å². The molecule has 5 fully saturated rings. The van der Waals surface area contributed by atoms with Crippen molar-refractivity contribution in [1.29, 1.82) is 0 Å². The van der Waals surface area contributed by atoms with Gasteiger partial charge in [0.25, 0.3) is 0 Å². The van der Waals surface area contributed by atoms with Crippen LogP contribution in [0.1, 0.15) is 147 Å². The molecule has 0 bridgehead atoms. The number of carbonyl (C=O) groups excluding carboxylic acids is 2. The molecule has 5 unspecified atom stereocenters. The van der Waals surface area contributed by atoms with E-state index < -0.39 is 5.60 Å². The molecule has 7 aliphatic carbocycles. The molecule has 0 heterocycles. The lowest BCUT2D eigenvalue weighted by Gasteiger charge is -2.55. The van der Waals surface area contributed by atoms with Crippen molar-refractivity contribution in [3.63, 3.8) is 0 Å². The number of carbonyl (C=O) groups is 2. The first-order chi connectivity index (χ1) is 23.6. The van der Waals surface area contributed by atoms with Crippen LogP contribution in [0, 0.1) is 58.7 Å². The summed E-state index contributed by atoms with van der Waals surface area (Å²) >= 11 is 0. The number of hydrogen-bond acceptors (Lipinski definition) is 5. The first-order valence-electron chi connectivity index (χ1n) is 20.0. The Bertz CT molecular complexity index is 1500. The second kappa shape index (κ2) is 13.5. The Morgan fingerprint density at radius 1 is 0.918 bits per heavy atom. The number of ether oxygens (including phenoxy) is 1. The van der Waals surface area contributed by atoms with Crippen LogP contribution in [0.3, 0.4) is 0 Å². The molecule has 1 aromatic carbocycles. The molecular weight excluding hydrogens is 608 g/mol. The smallest absolute Gasteiger partial charge is 0.306 e. The van der Waals surface area contributed by atoms with Gasteiger partial charge in [-0.15, -0.1) is 6.42 Å². The third-order valence-corrected chi connectivity index (χ3v) is 15.6. The van der Waals surface area contributed by atoms with E-state index in [1.807, 2.05) is 18.2 Å². The van der Waals surface area contributed by atoms with Crippen LogP contribution in [0.15, 0.2) is 29.8 Å². The van der Waals surface area contributed by atoms with E-state index in [0.29, 0.717) is 59.4 Å². The molecule has 8 rings (SSSR count). The highest BCUT2D eigenvalue weighted by Crippen LogP contribution is 2.66. The Balaban J connectivity index is 0.000000155. The maximum absolute atomic E-state index is 12.2. The molecule has 7 aliphatic rings. The number of phenols is 1. The summed E-state index contributed by atoms with van der Waals surface area (Å²) in [6, 6.07) is 5.97. The summed E-state index contributed by atoms with van der Waals surface area (Å²) in [6.07, 6.45) is 26.4. The lowest BCUT2D eigenvalue weighted by atomic mass is 9.49. The van der Waals surface area contributed by atoms with Crippen LogP contribution in [0.4, 0.5) is 0 Å². The summed E-state index contributed by atoms with van der Waals surface area (Å²) in [7, 11) is 0. The number of allylic oxidation sites excluding steroid dienone is 1. The predicted octanol–water partition coefficient (Wildman–Crippen LogP) is 9.23. The number of esters is 1. The topological polar surface area (TPSA) is 83.8 Å². The van der Waals surface area contributed by atoms with Gasteiger partial charge in [0.15, 0.2) is 5.78 Å². The number of hydrogen-bond donors (Lipinski definition) is 2. The van der Waals surface area contributed by atoms with Crippen molar-refractivity contribution >= 4 is 11.8 Å². The molecule has 266 valence electrons. The van der Waals surface area contributed by atoms with Gasteiger partial charge in [-0.2, -0.15) is 0 Å². The lowest BCUT2D eigenvalue weighted by Crippen LogP contribution is -2.53. The van der Waals surface area contributed by atoms with Gasteiger partial charge in [-0.25, -0.2) is 0 Å². The third kappa shape index (κ3) is 5.81. The zero-order chi connectivity index (χ0) is 34.6. The number of aromatic hydroxyl groups is 1. The van der Waals surface area contributed by atoms with E-state index in [1.54, 1.807) is 0 Å². The van der Waals surface area contributed by atoms with Crippen molar-refractivity contribution < 1.29 is 24.5 Å². The molecule has 49 heavy (non-hydrogen) atoms. The average Bonchev–Trinajstić information content (AvgIpc) is 3.60. The zero-order valence-electron chi connectivity index (χ0n) is 30.4. The number of benzene rings is 1. The Labute approximate surface area is 295 Å². The highest BCUT2D eigenvalue weighted by atomic mass is 16.5. The van der Waals surface area contributed by atoms with E-state index >= 15 is 0 Å². The van der Waals surface area contributed by atoms with E-state index in [0.717, 1.165) is 77.0 Å². The zero-order valence-corrected chi connectivity index (χ0v) is 30.4. The molecule has 2 N–H and O–H groups in total. The first kappa shape index (κ1) is 34.9. The molecular formula is C44H60O5. The molecule has 5 saturated carbocycles. The van der Waals surface area contributed by atoms with Gasteiger partial charge in [0.1, 0.15) is 17.5 Å². The second-order valence-corrected chi connectivity index (χ2v) is 17.4. The number of fused-ring (bicyclic) bond motifs is 10. The summed E-state index contributed by atoms with van der Waals surface area (Å²) in [5.41, 5.74) is 3.43. The number of aryl methyl sites for hydroxylation is 1. The highest BCUT2D eigenvalue weighted by Gasteiger charge is 2.63. The lowest BCUT2D eigenvalue weighted by molar-refractivity contribution is -0.157. The minimum Gasteiger partial charge on any atom is -0.508 e. The molecule has 5 nitrogen and oxygen atoms in total. The second-order valence-electron chi connectivity index (χ2n) is 17.4. The fraction of sp³-hybridized carbons (Fsp3) is 0.727. The number of aliphatic hydroxyl groups is 1. The van der Waals surface area contributed by atoms with Crippen LogP contribution in [0.2, 0.25) is 0 Å². The first-order valence-corrected chi connectivity index (χ1v) is 20.0. The quantitative estimate of drug-likeness (QED) is 0.241. The molecule has 0 spiro atoms. The maximum Gasteiger partial charge on any atom is 0.306 e. The number of terminal acetylenes is 1. The van der Waals surface area contributed by atoms with Crippen molar-refractivity contribution in [3.8, 4) is 18.1 Å². The number of phenolic OH excluding ortho intramolecular Hbond substituents is 1. The van der Waals surface area contributed by atoms with Crippen molar-refractivity contribution in [3.05, 3.63) is 41.0 Å². The summed E-state index contributed by atoms with van der Waals surface area (Å²) in [5.74, 6) is 8.10. The fourth-order valence-corrected chi connectivity index (χ4v) is 13.2. The molecule has 0 radical (unpaired) electrons. The van der Waals surface area contributed by atoms with Gasteiger partial charge >= 0.3 is 5.97 Å². The average molecular weight is 669 g/mol. The van der Waals surface area contributed by atoms with E-state index in [9.17, 15) is 19.8 Å². The summed E-state index contributed by atoms with van der Waals surface area (Å²) in [6.45, 7) is 6.71. The molecule has 0 amide bonds. The Morgan fingerprint density at radius 2 is 1.73 bits per heavy atom. The largest absolute Gasteiger partial charge is 0.508 e. The van der Waals surface area contributed by atoms with Gasteiger partial charge in [-0.05, 0) is 167 Å². The van der Waals surface area contributed by atoms with Crippen LogP contribution in [-0.4, -0.2) is 33.7 Å². The number of rotatable bonds is 5.